The molecule has 0 unspecified atom stereocenters. The normalized spacial score (nSPS) is 15.1. The van der Waals surface area contributed by atoms with Crippen molar-refractivity contribution < 1.29 is 8.78 Å². The number of benzene rings is 1. The molecule has 4 heterocycles. The van der Waals surface area contributed by atoms with Crippen molar-refractivity contribution in [2.45, 2.75) is 32.6 Å². The van der Waals surface area contributed by atoms with Crippen molar-refractivity contribution in [1.82, 2.24) is 25.1 Å². The fraction of sp³-hybridized carbons (Fsp3) is 0.194. The molecule has 0 amide bonds. The number of aromatic amines is 2. The first-order valence-electron chi connectivity index (χ1n) is 13.2. The molecule has 1 aromatic carbocycles. The van der Waals surface area contributed by atoms with Crippen LogP contribution in [-0.2, 0) is 0 Å². The zero-order valence-electron chi connectivity index (χ0n) is 22.0. The lowest BCUT2D eigenvalue weighted by Crippen LogP contribution is -2.26. The first-order chi connectivity index (χ1) is 19.4. The van der Waals surface area contributed by atoms with Crippen molar-refractivity contribution in [2.24, 2.45) is 5.92 Å². The van der Waals surface area contributed by atoms with Gasteiger partial charge in [-0.1, -0.05) is 44.2 Å². The zero-order chi connectivity index (χ0) is 27.8. The Bertz CT molecular complexity index is 1870. The standard InChI is InChI=1S/C31H28F2N6S/c1-4-23-27(28(33)17(2)20-14-21(16-34-15-20)35-18(3)19-8-5-6-9-19)30(39-38-23)31-36-24-11-7-10-22(29(24)37-31)25-12-13-26(32)40-25/h4,7,10-16,19,35,38H,2-3,5-6,8-9H2,1H3,(H,36,37)/b23-4+,28-27-. The first-order valence-corrected chi connectivity index (χ1v) is 14.0. The third-order valence-corrected chi connectivity index (χ3v) is 8.29. The molecular formula is C31H28F2N6S. The maximum atomic E-state index is 16.3. The van der Waals surface area contributed by atoms with Crippen molar-refractivity contribution in [2.75, 3.05) is 5.32 Å². The molecule has 0 saturated heterocycles. The molecule has 1 aliphatic carbocycles. The molecule has 202 valence electrons. The van der Waals surface area contributed by atoms with E-state index in [1.54, 1.807) is 31.5 Å². The van der Waals surface area contributed by atoms with E-state index >= 15 is 4.39 Å². The number of hydrogen-bond donors (Lipinski definition) is 3. The predicted octanol–water partition coefficient (Wildman–Crippen LogP) is 6.92. The van der Waals surface area contributed by atoms with Gasteiger partial charge in [-0.2, -0.15) is 9.49 Å². The van der Waals surface area contributed by atoms with E-state index in [1.165, 1.54) is 18.9 Å². The number of para-hydroxylation sites is 1. The predicted molar refractivity (Wildman–Crippen MR) is 159 cm³/mol. The number of aromatic nitrogens is 5. The van der Waals surface area contributed by atoms with Crippen LogP contribution in [0, 0.1) is 11.0 Å². The Labute approximate surface area is 233 Å². The number of H-pyrrole nitrogens is 2. The Morgan fingerprint density at radius 3 is 2.73 bits per heavy atom. The number of anilines is 1. The van der Waals surface area contributed by atoms with Crippen molar-refractivity contribution in [1.29, 1.82) is 0 Å². The summed E-state index contributed by atoms with van der Waals surface area (Å²) in [6.45, 7) is 10.1. The Kier molecular flexibility index (Phi) is 6.89. The van der Waals surface area contributed by atoms with Crippen LogP contribution in [0.2, 0.25) is 0 Å². The molecule has 1 saturated carbocycles. The highest BCUT2D eigenvalue weighted by molar-refractivity contribution is 7.14. The number of allylic oxidation sites excluding steroid dienone is 2. The highest BCUT2D eigenvalue weighted by Crippen LogP contribution is 2.34. The second-order valence-electron chi connectivity index (χ2n) is 9.93. The highest BCUT2D eigenvalue weighted by Gasteiger charge is 2.20. The molecule has 9 heteroatoms. The Balaban J connectivity index is 1.40. The molecule has 0 atom stereocenters. The van der Waals surface area contributed by atoms with Gasteiger partial charge in [-0.25, -0.2) is 9.37 Å². The highest BCUT2D eigenvalue weighted by atomic mass is 32.1. The molecule has 40 heavy (non-hydrogen) atoms. The summed E-state index contributed by atoms with van der Waals surface area (Å²) in [5, 5.41) is 11.2. The number of imidazole rings is 1. The van der Waals surface area contributed by atoms with E-state index in [4.69, 9.17) is 4.98 Å². The summed E-state index contributed by atoms with van der Waals surface area (Å²) < 4.78 is 30.0. The molecule has 1 fully saturated rings. The maximum Gasteiger partial charge on any atom is 0.176 e. The fourth-order valence-corrected chi connectivity index (χ4v) is 6.03. The molecule has 3 N–H and O–H groups in total. The van der Waals surface area contributed by atoms with E-state index in [0.717, 1.165) is 51.5 Å². The van der Waals surface area contributed by atoms with Crippen molar-refractivity contribution in [3.05, 3.63) is 88.9 Å². The zero-order valence-corrected chi connectivity index (χ0v) is 22.8. The summed E-state index contributed by atoms with van der Waals surface area (Å²) in [4.78, 5) is 13.1. The van der Waals surface area contributed by atoms with Gasteiger partial charge in [0.2, 0.25) is 0 Å². The SMILES string of the molecule is C=C(/C(F)=c1/c(-c2nc3c(-c4ccc(F)s4)cccc3[nH]2)n[nH]/c1=C/C)c1cncc(NC(=C)C2CCCC2)c1. The topological polar surface area (TPSA) is 82.3 Å². The molecule has 4 aromatic heterocycles. The van der Waals surface area contributed by atoms with Crippen molar-refractivity contribution in [3.63, 3.8) is 0 Å². The molecule has 6 nitrogen and oxygen atoms in total. The molecular weight excluding hydrogens is 526 g/mol. The van der Waals surface area contributed by atoms with Gasteiger partial charge in [-0.15, -0.1) is 11.3 Å². The first kappa shape index (κ1) is 25.9. The third kappa shape index (κ3) is 4.77. The Hall–Kier alpha value is -4.37. The molecule has 0 spiro atoms. The summed E-state index contributed by atoms with van der Waals surface area (Å²) in [6, 6.07) is 10.6. The number of rotatable bonds is 7. The van der Waals surface area contributed by atoms with E-state index in [-0.39, 0.29) is 15.9 Å². The van der Waals surface area contributed by atoms with Crippen LogP contribution in [0.4, 0.5) is 14.5 Å². The minimum atomic E-state index is -0.536. The molecule has 6 rings (SSSR count). The van der Waals surface area contributed by atoms with Gasteiger partial charge < -0.3 is 10.3 Å². The number of pyridine rings is 1. The van der Waals surface area contributed by atoms with Gasteiger partial charge in [0, 0.05) is 33.5 Å². The number of nitrogens with one attached hydrogen (secondary N) is 3. The molecule has 1 aliphatic rings. The lowest BCUT2D eigenvalue weighted by atomic mass is 10.0. The van der Waals surface area contributed by atoms with Gasteiger partial charge >= 0.3 is 0 Å². The van der Waals surface area contributed by atoms with Crippen LogP contribution in [0.15, 0.2) is 67.6 Å². The fourth-order valence-electron chi connectivity index (χ4n) is 5.27. The van der Waals surface area contributed by atoms with Crippen LogP contribution in [0.25, 0.3) is 50.5 Å². The average Bonchev–Trinajstić information content (AvgIpc) is 3.77. The van der Waals surface area contributed by atoms with E-state index in [9.17, 15) is 4.39 Å². The summed E-state index contributed by atoms with van der Waals surface area (Å²) in [7, 11) is 0. The Morgan fingerprint density at radius 1 is 1.15 bits per heavy atom. The third-order valence-electron chi connectivity index (χ3n) is 7.38. The van der Waals surface area contributed by atoms with Crippen LogP contribution in [0.3, 0.4) is 0 Å². The minimum absolute atomic E-state index is 0.180. The van der Waals surface area contributed by atoms with Gasteiger partial charge in [-0.05, 0) is 49.9 Å². The van der Waals surface area contributed by atoms with E-state index in [1.807, 2.05) is 24.3 Å². The smallest absolute Gasteiger partial charge is 0.176 e. The largest absolute Gasteiger partial charge is 0.358 e. The van der Waals surface area contributed by atoms with Crippen LogP contribution >= 0.6 is 11.3 Å². The number of halogens is 2. The van der Waals surface area contributed by atoms with Gasteiger partial charge in [0.05, 0.1) is 33.5 Å². The van der Waals surface area contributed by atoms with Crippen LogP contribution in [0.5, 0.6) is 0 Å². The van der Waals surface area contributed by atoms with Crippen LogP contribution in [0.1, 0.15) is 38.2 Å². The number of hydrogen-bond acceptors (Lipinski definition) is 5. The second kappa shape index (κ2) is 10.7. The summed E-state index contributed by atoms with van der Waals surface area (Å²) in [6.07, 6.45) is 9.72. The van der Waals surface area contributed by atoms with Crippen molar-refractivity contribution in [3.8, 4) is 22.0 Å². The van der Waals surface area contributed by atoms with Gasteiger partial charge in [0.1, 0.15) is 11.5 Å². The lowest BCUT2D eigenvalue weighted by Gasteiger charge is -2.16. The monoisotopic (exact) mass is 554 g/mol. The second-order valence-corrected chi connectivity index (χ2v) is 11.0. The Morgan fingerprint density at radius 2 is 1.98 bits per heavy atom. The van der Waals surface area contributed by atoms with E-state index in [2.05, 4.69) is 38.6 Å². The molecule has 5 aromatic rings. The van der Waals surface area contributed by atoms with Crippen molar-refractivity contribution >= 4 is 45.5 Å². The summed E-state index contributed by atoms with van der Waals surface area (Å²) in [5.74, 6) is 0.295. The minimum Gasteiger partial charge on any atom is -0.358 e. The molecule has 0 radical (unpaired) electrons. The lowest BCUT2D eigenvalue weighted by molar-refractivity contribution is 0.649. The van der Waals surface area contributed by atoms with Gasteiger partial charge in [0.15, 0.2) is 11.0 Å². The van der Waals surface area contributed by atoms with Crippen LogP contribution in [-0.4, -0.2) is 25.1 Å². The van der Waals surface area contributed by atoms with Crippen LogP contribution < -0.4 is 15.9 Å². The van der Waals surface area contributed by atoms with Gasteiger partial charge in [0.25, 0.3) is 0 Å². The summed E-state index contributed by atoms with van der Waals surface area (Å²) in [5.41, 5.74) is 4.93. The van der Waals surface area contributed by atoms with E-state index < -0.39 is 5.83 Å². The van der Waals surface area contributed by atoms with E-state index in [0.29, 0.717) is 33.9 Å². The number of nitrogens with zero attached hydrogens (tertiary/aromatic N) is 3. The quantitative estimate of drug-likeness (QED) is 0.204. The molecule has 0 bridgehead atoms. The van der Waals surface area contributed by atoms with Gasteiger partial charge in [-0.3, -0.25) is 10.1 Å². The summed E-state index contributed by atoms with van der Waals surface area (Å²) >= 11 is 1.05. The maximum absolute atomic E-state index is 16.3. The number of thiophene rings is 1. The number of fused-ring (bicyclic) bond motifs is 1. The molecule has 0 aliphatic heterocycles. The average molecular weight is 555 g/mol.